The fourth-order valence-electron chi connectivity index (χ4n) is 3.01. The Morgan fingerprint density at radius 3 is 2.48 bits per heavy atom. The number of benzene rings is 1. The number of hydrogen-bond acceptors (Lipinski definition) is 6. The van der Waals surface area contributed by atoms with Crippen LogP contribution in [0.2, 0.25) is 0 Å². The van der Waals surface area contributed by atoms with Gasteiger partial charge in [0.2, 0.25) is 21.8 Å². The molecule has 2 heterocycles. The number of carbonyl (C=O) groups is 2. The minimum atomic E-state index is -3.73. The highest BCUT2D eigenvalue weighted by Gasteiger charge is 2.33. The lowest BCUT2D eigenvalue weighted by molar-refractivity contribution is -0.129. The Labute approximate surface area is 172 Å². The molecule has 0 unspecified atom stereocenters. The summed E-state index contributed by atoms with van der Waals surface area (Å²) in [5.74, 6) is -1.55. The van der Waals surface area contributed by atoms with Gasteiger partial charge in [0.05, 0.1) is 4.90 Å². The fraction of sp³-hybridized carbons (Fsp3) is 0.389. The highest BCUT2D eigenvalue weighted by molar-refractivity contribution is 7.89. The molecule has 8 nitrogen and oxygen atoms in total. The molecule has 0 saturated carbocycles. The highest BCUT2D eigenvalue weighted by Crippen LogP contribution is 2.24. The van der Waals surface area contributed by atoms with Crippen LogP contribution in [0, 0.1) is 11.7 Å². The Morgan fingerprint density at radius 2 is 1.90 bits per heavy atom. The van der Waals surface area contributed by atoms with Gasteiger partial charge in [-0.05, 0) is 44.0 Å². The Morgan fingerprint density at radius 1 is 1.24 bits per heavy atom. The van der Waals surface area contributed by atoms with Crippen molar-refractivity contribution < 1.29 is 22.4 Å². The molecule has 0 radical (unpaired) electrons. The van der Waals surface area contributed by atoms with E-state index in [1.54, 1.807) is 18.5 Å². The van der Waals surface area contributed by atoms with Gasteiger partial charge in [-0.1, -0.05) is 0 Å². The quantitative estimate of drug-likeness (QED) is 0.712. The number of thiazole rings is 1. The van der Waals surface area contributed by atoms with Gasteiger partial charge in [0.15, 0.2) is 5.13 Å². The first-order chi connectivity index (χ1) is 13.8. The molecule has 1 aromatic heterocycles. The summed E-state index contributed by atoms with van der Waals surface area (Å²) in [6.45, 7) is 1.93. The van der Waals surface area contributed by atoms with Crippen molar-refractivity contribution >= 4 is 38.3 Å². The van der Waals surface area contributed by atoms with Crippen molar-refractivity contribution in [2.75, 3.05) is 18.4 Å². The van der Waals surface area contributed by atoms with E-state index >= 15 is 0 Å². The third-order valence-electron chi connectivity index (χ3n) is 4.69. The van der Waals surface area contributed by atoms with Crippen LogP contribution in [0.25, 0.3) is 0 Å². The molecule has 0 spiro atoms. The zero-order valence-electron chi connectivity index (χ0n) is 15.7. The maximum Gasteiger partial charge on any atom is 0.248 e. The smallest absolute Gasteiger partial charge is 0.248 e. The van der Waals surface area contributed by atoms with Gasteiger partial charge in [0, 0.05) is 30.6 Å². The molecular formula is C18H21FN4O4S2. The molecule has 1 aromatic carbocycles. The van der Waals surface area contributed by atoms with Crippen LogP contribution in [0.3, 0.4) is 0 Å². The summed E-state index contributed by atoms with van der Waals surface area (Å²) in [6, 6.07) is 3.92. The summed E-state index contributed by atoms with van der Waals surface area (Å²) in [4.78, 5) is 28.6. The van der Waals surface area contributed by atoms with Crippen molar-refractivity contribution in [2.24, 2.45) is 5.92 Å². The maximum atomic E-state index is 13.0. The summed E-state index contributed by atoms with van der Waals surface area (Å²) in [7, 11) is -3.73. The number of aromatic nitrogens is 1. The van der Waals surface area contributed by atoms with Gasteiger partial charge in [0.1, 0.15) is 11.9 Å². The predicted octanol–water partition coefficient (Wildman–Crippen LogP) is 1.83. The number of nitrogens with one attached hydrogen (secondary N) is 2. The predicted molar refractivity (Wildman–Crippen MR) is 106 cm³/mol. The third-order valence-corrected chi connectivity index (χ3v) is 7.29. The number of halogens is 1. The van der Waals surface area contributed by atoms with Gasteiger partial charge in [0.25, 0.3) is 0 Å². The molecule has 1 atom stereocenters. The monoisotopic (exact) mass is 440 g/mol. The Bertz CT molecular complexity index is 956. The van der Waals surface area contributed by atoms with E-state index in [-0.39, 0.29) is 35.7 Å². The zero-order chi connectivity index (χ0) is 21.0. The molecule has 0 bridgehead atoms. The SMILES string of the molecule is C[C@@H](NC(=O)C1CCN(S(=O)(=O)c2ccc(F)cc2)CC1)C(=O)Nc1nccs1. The van der Waals surface area contributed by atoms with Crippen molar-refractivity contribution in [3.05, 3.63) is 41.7 Å². The number of rotatable bonds is 6. The summed E-state index contributed by atoms with van der Waals surface area (Å²) >= 11 is 1.28. The van der Waals surface area contributed by atoms with Crippen molar-refractivity contribution in [2.45, 2.75) is 30.7 Å². The van der Waals surface area contributed by atoms with Crippen molar-refractivity contribution in [1.29, 1.82) is 0 Å². The van der Waals surface area contributed by atoms with Crippen LogP contribution in [0.15, 0.2) is 40.7 Å². The molecule has 1 fully saturated rings. The van der Waals surface area contributed by atoms with E-state index in [0.717, 1.165) is 12.1 Å². The highest BCUT2D eigenvalue weighted by atomic mass is 32.2. The topological polar surface area (TPSA) is 108 Å². The fourth-order valence-corrected chi connectivity index (χ4v) is 5.01. The van der Waals surface area contributed by atoms with Crippen LogP contribution >= 0.6 is 11.3 Å². The van der Waals surface area contributed by atoms with E-state index in [2.05, 4.69) is 15.6 Å². The molecule has 2 N–H and O–H groups in total. The van der Waals surface area contributed by atoms with Gasteiger partial charge in [-0.15, -0.1) is 11.3 Å². The van der Waals surface area contributed by atoms with Gasteiger partial charge in [-0.3, -0.25) is 9.59 Å². The maximum absolute atomic E-state index is 13.0. The number of anilines is 1. The largest absolute Gasteiger partial charge is 0.344 e. The first-order valence-electron chi connectivity index (χ1n) is 9.04. The van der Waals surface area contributed by atoms with Crippen LogP contribution in [0.1, 0.15) is 19.8 Å². The van der Waals surface area contributed by atoms with Crippen LogP contribution in [0.5, 0.6) is 0 Å². The molecule has 11 heteroatoms. The summed E-state index contributed by atoms with van der Waals surface area (Å²) in [6.07, 6.45) is 2.25. The van der Waals surface area contributed by atoms with E-state index < -0.39 is 21.9 Å². The minimum absolute atomic E-state index is 0.0225. The van der Waals surface area contributed by atoms with Crippen molar-refractivity contribution in [3.63, 3.8) is 0 Å². The van der Waals surface area contributed by atoms with E-state index in [1.165, 1.54) is 27.8 Å². The number of nitrogens with zero attached hydrogens (tertiary/aromatic N) is 2. The summed E-state index contributed by atoms with van der Waals surface area (Å²) < 4.78 is 39.6. The van der Waals surface area contributed by atoms with Gasteiger partial charge < -0.3 is 10.6 Å². The molecule has 1 aliphatic rings. The Hall–Kier alpha value is -2.37. The molecule has 3 rings (SSSR count). The van der Waals surface area contributed by atoms with E-state index in [4.69, 9.17) is 0 Å². The number of sulfonamides is 1. The average Bonchev–Trinajstić information content (AvgIpc) is 3.21. The standard InChI is InChI=1S/C18H21FN4O4S2/c1-12(16(24)22-18-20-8-11-28-18)21-17(25)13-6-9-23(10-7-13)29(26,27)15-4-2-14(19)3-5-15/h2-5,8,11-13H,6-7,9-10H2,1H3,(H,21,25)(H,20,22,24)/t12-/m1/s1. The second kappa shape index (κ2) is 8.97. The summed E-state index contributed by atoms with van der Waals surface area (Å²) in [5, 5.41) is 7.47. The average molecular weight is 441 g/mol. The lowest BCUT2D eigenvalue weighted by Crippen LogP contribution is -2.47. The van der Waals surface area contributed by atoms with Crippen LogP contribution < -0.4 is 10.6 Å². The Balaban J connectivity index is 1.52. The first-order valence-corrected chi connectivity index (χ1v) is 11.4. The van der Waals surface area contributed by atoms with Crippen molar-refractivity contribution in [3.8, 4) is 0 Å². The minimum Gasteiger partial charge on any atom is -0.344 e. The number of piperidine rings is 1. The Kier molecular flexibility index (Phi) is 6.60. The number of hydrogen-bond donors (Lipinski definition) is 2. The molecule has 29 heavy (non-hydrogen) atoms. The first kappa shape index (κ1) is 21.3. The van der Waals surface area contributed by atoms with Gasteiger partial charge in [-0.25, -0.2) is 17.8 Å². The molecule has 156 valence electrons. The number of carbonyl (C=O) groups excluding carboxylic acids is 2. The lowest BCUT2D eigenvalue weighted by Gasteiger charge is -2.31. The molecule has 0 aliphatic carbocycles. The van der Waals surface area contributed by atoms with Gasteiger partial charge >= 0.3 is 0 Å². The van der Waals surface area contributed by atoms with E-state index in [1.807, 2.05) is 0 Å². The molecule has 2 amide bonds. The van der Waals surface area contributed by atoms with Crippen LogP contribution in [-0.2, 0) is 19.6 Å². The molecule has 1 saturated heterocycles. The second-order valence-corrected chi connectivity index (χ2v) is 9.52. The van der Waals surface area contributed by atoms with E-state index in [0.29, 0.717) is 18.0 Å². The number of amides is 2. The molecule has 2 aromatic rings. The van der Waals surface area contributed by atoms with Gasteiger partial charge in [-0.2, -0.15) is 4.31 Å². The summed E-state index contributed by atoms with van der Waals surface area (Å²) in [5.41, 5.74) is 0. The van der Waals surface area contributed by atoms with Crippen LogP contribution in [0.4, 0.5) is 9.52 Å². The zero-order valence-corrected chi connectivity index (χ0v) is 17.3. The third kappa shape index (κ3) is 5.17. The lowest BCUT2D eigenvalue weighted by atomic mass is 9.97. The van der Waals surface area contributed by atoms with Crippen LogP contribution in [-0.4, -0.2) is 48.7 Å². The second-order valence-electron chi connectivity index (χ2n) is 6.69. The molecule has 1 aliphatic heterocycles. The molecular weight excluding hydrogens is 419 g/mol. The normalized spacial score (nSPS) is 16.9. The van der Waals surface area contributed by atoms with Crippen molar-refractivity contribution in [1.82, 2.24) is 14.6 Å². The van der Waals surface area contributed by atoms with E-state index in [9.17, 15) is 22.4 Å².